The van der Waals surface area contributed by atoms with Crippen molar-refractivity contribution in [3.63, 3.8) is 0 Å². The molecule has 0 radical (unpaired) electrons. The minimum Gasteiger partial charge on any atom is -0.306 e. The molecule has 0 N–H and O–H groups in total. The van der Waals surface area contributed by atoms with Gasteiger partial charge in [-0.1, -0.05) is 36.9 Å². The summed E-state index contributed by atoms with van der Waals surface area (Å²) in [5.41, 5.74) is 2.57. The van der Waals surface area contributed by atoms with Gasteiger partial charge in [-0.2, -0.15) is 0 Å². The Morgan fingerprint density at radius 1 is 1.29 bits per heavy atom. The molecule has 0 fully saturated rings. The molecule has 0 bridgehead atoms. The van der Waals surface area contributed by atoms with Crippen LogP contribution >= 0.6 is 0 Å². The Kier molecular flexibility index (Phi) is 3.90. The molecule has 76 valence electrons. The van der Waals surface area contributed by atoms with E-state index in [2.05, 4.69) is 56.8 Å². The molecule has 1 aromatic carbocycles. The van der Waals surface area contributed by atoms with Crippen LogP contribution in [-0.4, -0.2) is 25.0 Å². The molecule has 0 heterocycles. The predicted octanol–water partition coefficient (Wildman–Crippen LogP) is 2.82. The molecule has 0 spiro atoms. The van der Waals surface area contributed by atoms with E-state index in [-0.39, 0.29) is 0 Å². The summed E-state index contributed by atoms with van der Waals surface area (Å²) in [7, 11) is 4.23. The van der Waals surface area contributed by atoms with E-state index in [1.54, 1.807) is 0 Å². The van der Waals surface area contributed by atoms with Crippen LogP contribution in [0.4, 0.5) is 0 Å². The monoisotopic (exact) mass is 189 g/mol. The van der Waals surface area contributed by atoms with E-state index in [9.17, 15) is 0 Å². The molecular weight excluding hydrogens is 170 g/mol. The smallest absolute Gasteiger partial charge is 0.0101 e. The lowest BCUT2D eigenvalue weighted by Crippen LogP contribution is -2.26. The molecule has 0 aliphatic carbocycles. The van der Waals surface area contributed by atoms with Crippen LogP contribution in [0.5, 0.6) is 0 Å². The first-order valence-electron chi connectivity index (χ1n) is 5.01. The van der Waals surface area contributed by atoms with E-state index in [1.807, 2.05) is 6.08 Å². The van der Waals surface area contributed by atoms with Gasteiger partial charge in [0.05, 0.1) is 0 Å². The molecule has 0 amide bonds. The van der Waals surface area contributed by atoms with Gasteiger partial charge in [0.1, 0.15) is 0 Å². The van der Waals surface area contributed by atoms with Gasteiger partial charge in [0.2, 0.25) is 0 Å². The second-order valence-corrected chi connectivity index (χ2v) is 3.96. The number of nitrogens with zero attached hydrogens (tertiary/aromatic N) is 1. The first-order chi connectivity index (χ1) is 6.63. The SMILES string of the molecule is C=Cc1ccc(CC(C)N(C)C)cc1. The Morgan fingerprint density at radius 2 is 1.86 bits per heavy atom. The van der Waals surface area contributed by atoms with Crippen molar-refractivity contribution >= 4 is 6.08 Å². The number of hydrogen-bond acceptors (Lipinski definition) is 1. The molecule has 1 heteroatoms. The van der Waals surface area contributed by atoms with Gasteiger partial charge in [-0.05, 0) is 38.6 Å². The Morgan fingerprint density at radius 3 is 2.29 bits per heavy atom. The summed E-state index contributed by atoms with van der Waals surface area (Å²) in [5.74, 6) is 0. The zero-order valence-corrected chi connectivity index (χ0v) is 9.33. The van der Waals surface area contributed by atoms with Gasteiger partial charge >= 0.3 is 0 Å². The summed E-state index contributed by atoms with van der Waals surface area (Å²) in [6.07, 6.45) is 2.98. The molecule has 0 saturated heterocycles. The summed E-state index contributed by atoms with van der Waals surface area (Å²) >= 11 is 0. The van der Waals surface area contributed by atoms with Crippen LogP contribution in [0.3, 0.4) is 0 Å². The number of likely N-dealkylation sites (N-methyl/N-ethyl adjacent to an activating group) is 1. The normalized spacial score (nSPS) is 12.9. The van der Waals surface area contributed by atoms with Crippen LogP contribution in [0.25, 0.3) is 6.08 Å². The van der Waals surface area contributed by atoms with E-state index < -0.39 is 0 Å². The molecule has 1 aromatic rings. The van der Waals surface area contributed by atoms with E-state index in [4.69, 9.17) is 0 Å². The lowest BCUT2D eigenvalue weighted by Gasteiger charge is -2.19. The summed E-state index contributed by atoms with van der Waals surface area (Å²) in [6, 6.07) is 9.17. The lowest BCUT2D eigenvalue weighted by atomic mass is 10.0. The molecule has 1 atom stereocenters. The molecule has 0 aromatic heterocycles. The van der Waals surface area contributed by atoms with Gasteiger partial charge in [0.15, 0.2) is 0 Å². The third-order valence-electron chi connectivity index (χ3n) is 2.63. The van der Waals surface area contributed by atoms with Gasteiger partial charge in [0, 0.05) is 6.04 Å². The summed E-state index contributed by atoms with van der Waals surface area (Å²) < 4.78 is 0. The molecule has 14 heavy (non-hydrogen) atoms. The highest BCUT2D eigenvalue weighted by Crippen LogP contribution is 2.09. The largest absolute Gasteiger partial charge is 0.306 e. The van der Waals surface area contributed by atoms with Crippen molar-refractivity contribution in [3.8, 4) is 0 Å². The van der Waals surface area contributed by atoms with Gasteiger partial charge in [0.25, 0.3) is 0 Å². The second kappa shape index (κ2) is 4.97. The van der Waals surface area contributed by atoms with Crippen LogP contribution in [0, 0.1) is 0 Å². The second-order valence-electron chi connectivity index (χ2n) is 3.96. The van der Waals surface area contributed by atoms with Crippen molar-refractivity contribution in [1.29, 1.82) is 0 Å². The minimum atomic E-state index is 0.588. The maximum absolute atomic E-state index is 3.74. The molecule has 1 nitrogen and oxygen atoms in total. The Hall–Kier alpha value is -1.08. The number of benzene rings is 1. The van der Waals surface area contributed by atoms with Crippen molar-refractivity contribution in [1.82, 2.24) is 4.90 Å². The van der Waals surface area contributed by atoms with Crippen LogP contribution in [0.15, 0.2) is 30.8 Å². The zero-order chi connectivity index (χ0) is 10.6. The minimum absolute atomic E-state index is 0.588. The van der Waals surface area contributed by atoms with Gasteiger partial charge in [-0.15, -0.1) is 0 Å². The molecular formula is C13H19N. The van der Waals surface area contributed by atoms with E-state index in [1.165, 1.54) is 11.1 Å². The van der Waals surface area contributed by atoms with Gasteiger partial charge < -0.3 is 4.90 Å². The fourth-order valence-electron chi connectivity index (χ4n) is 1.31. The lowest BCUT2D eigenvalue weighted by molar-refractivity contribution is 0.312. The first-order valence-corrected chi connectivity index (χ1v) is 5.01. The quantitative estimate of drug-likeness (QED) is 0.704. The molecule has 0 aliphatic rings. The fraction of sp³-hybridized carbons (Fsp3) is 0.385. The van der Waals surface area contributed by atoms with Crippen molar-refractivity contribution in [2.75, 3.05) is 14.1 Å². The van der Waals surface area contributed by atoms with Crippen molar-refractivity contribution in [2.45, 2.75) is 19.4 Å². The average Bonchev–Trinajstić information content (AvgIpc) is 2.19. The number of hydrogen-bond donors (Lipinski definition) is 0. The van der Waals surface area contributed by atoms with Crippen LogP contribution in [-0.2, 0) is 6.42 Å². The van der Waals surface area contributed by atoms with Crippen LogP contribution in [0.2, 0.25) is 0 Å². The maximum Gasteiger partial charge on any atom is 0.0101 e. The van der Waals surface area contributed by atoms with Gasteiger partial charge in [-0.25, -0.2) is 0 Å². The first kappa shape index (κ1) is 11.0. The fourth-order valence-corrected chi connectivity index (χ4v) is 1.31. The maximum atomic E-state index is 3.74. The van der Waals surface area contributed by atoms with Crippen LogP contribution in [0.1, 0.15) is 18.1 Å². The summed E-state index contributed by atoms with van der Waals surface area (Å²) in [5, 5.41) is 0. The Bertz CT molecular complexity index is 285. The number of rotatable bonds is 4. The van der Waals surface area contributed by atoms with Crippen molar-refractivity contribution in [2.24, 2.45) is 0 Å². The summed E-state index contributed by atoms with van der Waals surface area (Å²) in [6.45, 7) is 5.98. The molecule has 1 unspecified atom stereocenters. The highest BCUT2D eigenvalue weighted by molar-refractivity contribution is 5.47. The van der Waals surface area contributed by atoms with E-state index in [0.717, 1.165) is 6.42 Å². The topological polar surface area (TPSA) is 3.24 Å². The molecule has 0 saturated carbocycles. The highest BCUT2D eigenvalue weighted by Gasteiger charge is 2.04. The standard InChI is InChI=1S/C13H19N/c1-5-12-6-8-13(9-7-12)10-11(2)14(3)4/h5-9,11H,1,10H2,2-4H3. The molecule has 1 rings (SSSR count). The highest BCUT2D eigenvalue weighted by atomic mass is 15.1. The zero-order valence-electron chi connectivity index (χ0n) is 9.33. The third-order valence-corrected chi connectivity index (χ3v) is 2.63. The predicted molar refractivity (Wildman–Crippen MR) is 63.4 cm³/mol. The Labute approximate surface area is 87.1 Å². The average molecular weight is 189 g/mol. The molecule has 0 aliphatic heterocycles. The Balaban J connectivity index is 2.64. The van der Waals surface area contributed by atoms with Crippen LogP contribution < -0.4 is 0 Å². The van der Waals surface area contributed by atoms with Crippen molar-refractivity contribution in [3.05, 3.63) is 42.0 Å². The summed E-state index contributed by atoms with van der Waals surface area (Å²) in [4.78, 5) is 2.24. The van der Waals surface area contributed by atoms with Gasteiger partial charge in [-0.3, -0.25) is 0 Å². The van der Waals surface area contributed by atoms with Crippen molar-refractivity contribution < 1.29 is 0 Å². The third kappa shape index (κ3) is 3.00. The van der Waals surface area contributed by atoms with E-state index >= 15 is 0 Å². The van der Waals surface area contributed by atoms with E-state index in [0.29, 0.717) is 6.04 Å².